The Kier molecular flexibility index (Phi) is 5.70. The molecule has 17 heavy (non-hydrogen) atoms. The molecular weight excluding hydrogens is 212 g/mol. The Morgan fingerprint density at radius 1 is 1.24 bits per heavy atom. The van der Waals surface area contributed by atoms with Crippen molar-refractivity contribution < 1.29 is 5.11 Å². The van der Waals surface area contributed by atoms with Gasteiger partial charge in [0.2, 0.25) is 0 Å². The number of rotatable bonds is 6. The minimum Gasteiger partial charge on any atom is -0.396 e. The molecule has 94 valence electrons. The molecule has 1 unspecified atom stereocenters. The van der Waals surface area contributed by atoms with Gasteiger partial charge in [0.25, 0.3) is 0 Å². The lowest BCUT2D eigenvalue weighted by Crippen LogP contribution is -2.04. The SMILES string of the molecule is CC(CO)Cc1ccc(CC=NN(C)C)cc1. The first-order valence-electron chi connectivity index (χ1n) is 6.00. The van der Waals surface area contributed by atoms with E-state index in [0.29, 0.717) is 5.92 Å². The van der Waals surface area contributed by atoms with Gasteiger partial charge in [-0.2, -0.15) is 5.10 Å². The van der Waals surface area contributed by atoms with Crippen LogP contribution in [0.5, 0.6) is 0 Å². The molecule has 1 aromatic carbocycles. The number of hydrogen-bond donors (Lipinski definition) is 1. The van der Waals surface area contributed by atoms with E-state index in [0.717, 1.165) is 12.8 Å². The summed E-state index contributed by atoms with van der Waals surface area (Å²) in [6.45, 7) is 2.30. The van der Waals surface area contributed by atoms with Crippen LogP contribution in [0.1, 0.15) is 18.1 Å². The largest absolute Gasteiger partial charge is 0.396 e. The summed E-state index contributed by atoms with van der Waals surface area (Å²) < 4.78 is 0. The first-order chi connectivity index (χ1) is 8.11. The Labute approximate surface area is 104 Å². The molecule has 0 spiro atoms. The first kappa shape index (κ1) is 13.7. The number of hydrazone groups is 1. The van der Waals surface area contributed by atoms with Gasteiger partial charge in [0.05, 0.1) is 0 Å². The van der Waals surface area contributed by atoms with Crippen molar-refractivity contribution in [1.29, 1.82) is 0 Å². The summed E-state index contributed by atoms with van der Waals surface area (Å²) in [7, 11) is 3.83. The Balaban J connectivity index is 2.50. The van der Waals surface area contributed by atoms with Crippen LogP contribution >= 0.6 is 0 Å². The second kappa shape index (κ2) is 7.07. The molecule has 0 aliphatic carbocycles. The highest BCUT2D eigenvalue weighted by Crippen LogP contribution is 2.10. The molecule has 0 bridgehead atoms. The maximum Gasteiger partial charge on any atom is 0.0459 e. The fourth-order valence-corrected chi connectivity index (χ4v) is 1.59. The number of aliphatic hydroxyl groups excluding tert-OH is 1. The zero-order chi connectivity index (χ0) is 12.7. The van der Waals surface area contributed by atoms with E-state index < -0.39 is 0 Å². The molecule has 0 radical (unpaired) electrons. The third-order valence-corrected chi connectivity index (χ3v) is 2.56. The third-order valence-electron chi connectivity index (χ3n) is 2.56. The van der Waals surface area contributed by atoms with Gasteiger partial charge < -0.3 is 10.1 Å². The fraction of sp³-hybridized carbons (Fsp3) is 0.500. The topological polar surface area (TPSA) is 35.8 Å². The van der Waals surface area contributed by atoms with Gasteiger partial charge in [0, 0.05) is 33.3 Å². The average molecular weight is 234 g/mol. The van der Waals surface area contributed by atoms with Crippen molar-refractivity contribution in [2.24, 2.45) is 11.0 Å². The molecule has 0 heterocycles. The van der Waals surface area contributed by atoms with Gasteiger partial charge in [0.15, 0.2) is 0 Å². The van der Waals surface area contributed by atoms with Crippen LogP contribution in [0.3, 0.4) is 0 Å². The summed E-state index contributed by atoms with van der Waals surface area (Å²) in [5, 5.41) is 15.0. The Morgan fingerprint density at radius 3 is 2.35 bits per heavy atom. The molecule has 1 rings (SSSR count). The number of hydrogen-bond acceptors (Lipinski definition) is 3. The lowest BCUT2D eigenvalue weighted by Gasteiger charge is -2.08. The zero-order valence-corrected chi connectivity index (χ0v) is 10.9. The molecule has 1 atom stereocenters. The summed E-state index contributed by atoms with van der Waals surface area (Å²) in [5.41, 5.74) is 2.54. The van der Waals surface area contributed by atoms with Crippen LogP contribution in [0.15, 0.2) is 29.4 Å². The highest BCUT2D eigenvalue weighted by atomic mass is 16.3. The smallest absolute Gasteiger partial charge is 0.0459 e. The highest BCUT2D eigenvalue weighted by Gasteiger charge is 2.01. The van der Waals surface area contributed by atoms with Crippen LogP contribution in [-0.4, -0.2) is 37.0 Å². The predicted molar refractivity (Wildman–Crippen MR) is 72.3 cm³/mol. The summed E-state index contributed by atoms with van der Waals surface area (Å²) in [5.74, 6) is 0.330. The Hall–Kier alpha value is -1.35. The lowest BCUT2D eigenvalue weighted by atomic mass is 10.0. The van der Waals surface area contributed by atoms with E-state index >= 15 is 0 Å². The monoisotopic (exact) mass is 234 g/mol. The Morgan fingerprint density at radius 2 is 1.82 bits per heavy atom. The maximum absolute atomic E-state index is 9.00. The second-order valence-corrected chi connectivity index (χ2v) is 4.66. The second-order valence-electron chi connectivity index (χ2n) is 4.66. The van der Waals surface area contributed by atoms with Gasteiger partial charge in [-0.1, -0.05) is 31.2 Å². The minimum atomic E-state index is 0.247. The molecule has 1 aromatic rings. The molecule has 3 heteroatoms. The molecule has 0 fully saturated rings. The minimum absolute atomic E-state index is 0.247. The van der Waals surface area contributed by atoms with Gasteiger partial charge >= 0.3 is 0 Å². The van der Waals surface area contributed by atoms with Crippen molar-refractivity contribution >= 4 is 6.21 Å². The normalized spacial score (nSPS) is 12.9. The van der Waals surface area contributed by atoms with Crippen molar-refractivity contribution in [3.05, 3.63) is 35.4 Å². The summed E-state index contributed by atoms with van der Waals surface area (Å²) >= 11 is 0. The number of aliphatic hydroxyl groups is 1. The van der Waals surface area contributed by atoms with Crippen molar-refractivity contribution in [2.45, 2.75) is 19.8 Å². The van der Waals surface area contributed by atoms with E-state index in [1.165, 1.54) is 11.1 Å². The quantitative estimate of drug-likeness (QED) is 0.603. The average Bonchev–Trinajstić information content (AvgIpc) is 2.31. The van der Waals surface area contributed by atoms with Crippen molar-refractivity contribution in [3.8, 4) is 0 Å². The van der Waals surface area contributed by atoms with Crippen LogP contribution in [0, 0.1) is 5.92 Å². The highest BCUT2D eigenvalue weighted by molar-refractivity contribution is 5.61. The van der Waals surface area contributed by atoms with E-state index in [9.17, 15) is 0 Å². The number of nitrogens with zero attached hydrogens (tertiary/aromatic N) is 2. The van der Waals surface area contributed by atoms with Crippen LogP contribution in [0.2, 0.25) is 0 Å². The number of benzene rings is 1. The molecular formula is C14H22N2O. The van der Waals surface area contributed by atoms with Crippen molar-refractivity contribution in [1.82, 2.24) is 5.01 Å². The summed E-state index contributed by atoms with van der Waals surface area (Å²) in [6.07, 6.45) is 3.70. The predicted octanol–water partition coefficient (Wildman–Crippen LogP) is 1.95. The van der Waals surface area contributed by atoms with E-state index in [2.05, 4.69) is 36.3 Å². The van der Waals surface area contributed by atoms with Gasteiger partial charge in [0.1, 0.15) is 0 Å². The molecule has 0 saturated carbocycles. The molecule has 0 aliphatic rings. The molecule has 0 aliphatic heterocycles. The fourth-order valence-electron chi connectivity index (χ4n) is 1.59. The molecule has 0 aromatic heterocycles. The van der Waals surface area contributed by atoms with Crippen LogP contribution in [0.25, 0.3) is 0 Å². The van der Waals surface area contributed by atoms with Gasteiger partial charge in [-0.15, -0.1) is 0 Å². The summed E-state index contributed by atoms with van der Waals surface area (Å²) in [4.78, 5) is 0. The molecule has 3 nitrogen and oxygen atoms in total. The van der Waals surface area contributed by atoms with E-state index in [-0.39, 0.29) is 6.61 Å². The standard InChI is InChI=1S/C14H22N2O/c1-12(11-17)10-14-6-4-13(5-7-14)8-9-15-16(2)3/h4-7,9,12,17H,8,10-11H2,1-3H3. The van der Waals surface area contributed by atoms with Gasteiger partial charge in [-0.3, -0.25) is 0 Å². The van der Waals surface area contributed by atoms with E-state index in [4.69, 9.17) is 5.11 Å². The first-order valence-corrected chi connectivity index (χ1v) is 6.00. The van der Waals surface area contributed by atoms with Crippen molar-refractivity contribution in [3.63, 3.8) is 0 Å². The van der Waals surface area contributed by atoms with Gasteiger partial charge in [-0.05, 0) is 23.5 Å². The Bertz CT molecular complexity index is 344. The zero-order valence-electron chi connectivity index (χ0n) is 10.9. The molecule has 0 saturated heterocycles. The summed E-state index contributed by atoms with van der Waals surface area (Å²) in [6, 6.07) is 8.51. The van der Waals surface area contributed by atoms with Gasteiger partial charge in [-0.25, -0.2) is 0 Å². The van der Waals surface area contributed by atoms with Crippen molar-refractivity contribution in [2.75, 3.05) is 20.7 Å². The lowest BCUT2D eigenvalue weighted by molar-refractivity contribution is 0.237. The maximum atomic E-state index is 9.00. The molecule has 0 amide bonds. The van der Waals surface area contributed by atoms with Crippen LogP contribution in [-0.2, 0) is 12.8 Å². The third kappa shape index (κ3) is 5.50. The van der Waals surface area contributed by atoms with E-state index in [1.54, 1.807) is 5.01 Å². The van der Waals surface area contributed by atoms with Crippen LogP contribution in [0.4, 0.5) is 0 Å². The molecule has 1 N–H and O–H groups in total. The van der Waals surface area contributed by atoms with E-state index in [1.807, 2.05) is 20.3 Å². The van der Waals surface area contributed by atoms with Crippen LogP contribution < -0.4 is 0 Å².